The van der Waals surface area contributed by atoms with E-state index in [1.807, 2.05) is 31.2 Å². The normalized spacial score (nSPS) is 11.2. The maximum atomic E-state index is 13.3. The van der Waals surface area contributed by atoms with Crippen LogP contribution in [-0.4, -0.2) is 32.7 Å². The topological polar surface area (TPSA) is 73.5 Å². The zero-order valence-electron chi connectivity index (χ0n) is 18.8. The fourth-order valence-corrected chi connectivity index (χ4v) is 4.43. The fourth-order valence-electron chi connectivity index (χ4n) is 4.43. The number of benzene rings is 3. The smallest absolute Gasteiger partial charge is 0.307 e. The molecule has 0 aliphatic rings. The molecule has 34 heavy (non-hydrogen) atoms. The summed E-state index contributed by atoms with van der Waals surface area (Å²) in [5, 5.41) is 11.2. The lowest BCUT2D eigenvalue weighted by Gasteiger charge is -2.10. The molecule has 3 aromatic carbocycles. The minimum Gasteiger partial charge on any atom is -0.492 e. The number of fused-ring (bicyclic) bond motifs is 2. The Morgan fingerprint density at radius 3 is 2.47 bits per heavy atom. The van der Waals surface area contributed by atoms with Crippen molar-refractivity contribution in [3.05, 3.63) is 102 Å². The summed E-state index contributed by atoms with van der Waals surface area (Å²) in [5.41, 5.74) is 3.87. The third kappa shape index (κ3) is 4.06. The summed E-state index contributed by atoms with van der Waals surface area (Å²) >= 11 is 0. The van der Waals surface area contributed by atoms with E-state index in [4.69, 9.17) is 4.74 Å². The molecule has 5 aromatic rings. The van der Waals surface area contributed by atoms with Gasteiger partial charge in [-0.1, -0.05) is 30.3 Å². The number of ether oxygens (including phenoxy) is 1. The Bertz CT molecular complexity index is 1510. The predicted molar refractivity (Wildman–Crippen MR) is 132 cm³/mol. The van der Waals surface area contributed by atoms with Crippen LogP contribution < -0.4 is 4.74 Å². The van der Waals surface area contributed by atoms with E-state index < -0.39 is 5.97 Å². The summed E-state index contributed by atoms with van der Waals surface area (Å²) in [6.07, 6.45) is 1.97. The number of rotatable bonds is 7. The molecule has 0 radical (unpaired) electrons. The first-order valence-corrected chi connectivity index (χ1v) is 11.1. The van der Waals surface area contributed by atoms with Gasteiger partial charge in [-0.15, -0.1) is 0 Å². The predicted octanol–water partition coefficient (Wildman–Crippen LogP) is 5.30. The number of nitrogens with zero attached hydrogens (tertiary/aromatic N) is 2. The molecule has 6 nitrogen and oxygen atoms in total. The summed E-state index contributed by atoms with van der Waals surface area (Å²) in [6.45, 7) is 3.09. The summed E-state index contributed by atoms with van der Waals surface area (Å²) in [5.74, 6) is -0.360. The first-order chi connectivity index (χ1) is 16.5. The summed E-state index contributed by atoms with van der Waals surface area (Å²) in [4.78, 5) is 24.5. The van der Waals surface area contributed by atoms with Crippen molar-refractivity contribution in [3.63, 3.8) is 0 Å². The monoisotopic (exact) mass is 452 g/mol. The number of aliphatic carboxylic acids is 1. The lowest BCUT2D eigenvalue weighted by Crippen LogP contribution is -2.13. The second-order valence-corrected chi connectivity index (χ2v) is 8.29. The Morgan fingerprint density at radius 1 is 0.912 bits per heavy atom. The first-order valence-electron chi connectivity index (χ1n) is 11.1. The molecule has 0 spiro atoms. The van der Waals surface area contributed by atoms with E-state index in [2.05, 4.69) is 29.0 Å². The van der Waals surface area contributed by atoms with E-state index in [9.17, 15) is 14.7 Å². The highest BCUT2D eigenvalue weighted by Crippen LogP contribution is 2.25. The molecule has 6 heteroatoms. The maximum Gasteiger partial charge on any atom is 0.307 e. The van der Waals surface area contributed by atoms with Gasteiger partial charge in [0.05, 0.1) is 18.5 Å². The van der Waals surface area contributed by atoms with Crippen LogP contribution in [-0.2, 0) is 17.8 Å². The van der Waals surface area contributed by atoms with Crippen LogP contribution in [0.3, 0.4) is 0 Å². The Hall–Kier alpha value is -4.32. The van der Waals surface area contributed by atoms with Crippen LogP contribution in [0.4, 0.5) is 0 Å². The van der Waals surface area contributed by atoms with Crippen LogP contribution in [0, 0.1) is 6.92 Å². The van der Waals surface area contributed by atoms with Crippen LogP contribution in [0.15, 0.2) is 85.1 Å². The maximum absolute atomic E-state index is 13.3. The molecule has 0 fully saturated rings. The number of carboxylic acid groups (broad SMARTS) is 1. The highest BCUT2D eigenvalue weighted by atomic mass is 16.5. The van der Waals surface area contributed by atoms with Gasteiger partial charge in [-0.05, 0) is 66.4 Å². The zero-order valence-corrected chi connectivity index (χ0v) is 18.8. The van der Waals surface area contributed by atoms with Crippen LogP contribution in [0.1, 0.15) is 21.6 Å². The summed E-state index contributed by atoms with van der Waals surface area (Å²) in [6, 6.07) is 24.7. The van der Waals surface area contributed by atoms with Gasteiger partial charge in [-0.2, -0.15) is 0 Å². The lowest BCUT2D eigenvalue weighted by molar-refractivity contribution is -0.136. The number of carboxylic acids is 1. The molecular formula is C28H24N2O4. The van der Waals surface area contributed by atoms with Crippen LogP contribution >= 0.6 is 0 Å². The molecular weight excluding hydrogens is 428 g/mol. The van der Waals surface area contributed by atoms with Gasteiger partial charge in [0.1, 0.15) is 12.4 Å². The molecule has 0 amide bonds. The van der Waals surface area contributed by atoms with Crippen molar-refractivity contribution in [3.8, 4) is 5.75 Å². The molecule has 0 unspecified atom stereocenters. The third-order valence-corrected chi connectivity index (χ3v) is 6.05. The van der Waals surface area contributed by atoms with Crippen LogP contribution in [0.2, 0.25) is 0 Å². The van der Waals surface area contributed by atoms with Gasteiger partial charge >= 0.3 is 5.97 Å². The van der Waals surface area contributed by atoms with Crippen molar-refractivity contribution in [1.29, 1.82) is 0 Å². The molecule has 2 aromatic heterocycles. The standard InChI is InChI=1S/C28H24N2O4/c1-19-17-24-22(18-27(31)32)6-4-8-26(24)30(19)28(33)21-9-11-23(12-10-21)34-16-15-29-14-13-20-5-2-3-7-25(20)29/h2-14,17H,15-16,18H2,1H3,(H,31,32). The van der Waals surface area contributed by atoms with Crippen molar-refractivity contribution in [1.82, 2.24) is 9.13 Å². The Labute approximate surface area is 196 Å². The summed E-state index contributed by atoms with van der Waals surface area (Å²) in [7, 11) is 0. The highest BCUT2D eigenvalue weighted by molar-refractivity contribution is 6.04. The van der Waals surface area contributed by atoms with E-state index in [1.165, 1.54) is 10.9 Å². The lowest BCUT2D eigenvalue weighted by atomic mass is 10.1. The number of hydrogen-bond acceptors (Lipinski definition) is 3. The van der Waals surface area contributed by atoms with E-state index in [-0.39, 0.29) is 12.3 Å². The van der Waals surface area contributed by atoms with E-state index in [0.29, 0.717) is 29.0 Å². The minimum atomic E-state index is -0.898. The van der Waals surface area contributed by atoms with E-state index >= 15 is 0 Å². The molecule has 0 saturated heterocycles. The zero-order chi connectivity index (χ0) is 23.7. The number of aryl methyl sites for hydroxylation is 1. The van der Waals surface area contributed by atoms with Gasteiger partial charge in [0.2, 0.25) is 0 Å². The number of aromatic nitrogens is 2. The Morgan fingerprint density at radius 2 is 1.68 bits per heavy atom. The largest absolute Gasteiger partial charge is 0.492 e. The molecule has 0 atom stereocenters. The molecule has 0 saturated carbocycles. The molecule has 5 rings (SSSR count). The van der Waals surface area contributed by atoms with Crippen molar-refractivity contribution in [2.24, 2.45) is 0 Å². The van der Waals surface area contributed by atoms with Gasteiger partial charge in [-0.3, -0.25) is 14.2 Å². The molecule has 1 N–H and O–H groups in total. The van der Waals surface area contributed by atoms with E-state index in [1.54, 1.807) is 41.0 Å². The average molecular weight is 453 g/mol. The van der Waals surface area contributed by atoms with Crippen LogP contribution in [0.5, 0.6) is 5.75 Å². The number of carbonyl (C=O) groups excluding carboxylic acids is 1. The first kappa shape index (κ1) is 21.5. The van der Waals surface area contributed by atoms with Crippen molar-refractivity contribution < 1.29 is 19.4 Å². The molecule has 0 aliphatic carbocycles. The van der Waals surface area contributed by atoms with Gasteiger partial charge in [0, 0.05) is 28.4 Å². The van der Waals surface area contributed by atoms with Gasteiger partial charge in [-0.25, -0.2) is 0 Å². The number of para-hydroxylation sites is 1. The van der Waals surface area contributed by atoms with Gasteiger partial charge < -0.3 is 14.4 Å². The van der Waals surface area contributed by atoms with Crippen molar-refractivity contribution in [2.45, 2.75) is 19.9 Å². The summed E-state index contributed by atoms with van der Waals surface area (Å²) < 4.78 is 9.70. The molecule has 0 bridgehead atoms. The van der Waals surface area contributed by atoms with Gasteiger partial charge in [0.15, 0.2) is 0 Å². The Balaban J connectivity index is 1.30. The second kappa shape index (κ2) is 8.90. The minimum absolute atomic E-state index is 0.0835. The van der Waals surface area contributed by atoms with E-state index in [0.717, 1.165) is 17.6 Å². The van der Waals surface area contributed by atoms with Crippen molar-refractivity contribution in [2.75, 3.05) is 6.61 Å². The fraction of sp³-hybridized carbons (Fsp3) is 0.143. The quantitative estimate of drug-likeness (QED) is 0.364. The average Bonchev–Trinajstić information content (AvgIpc) is 3.40. The molecule has 2 heterocycles. The number of hydrogen-bond donors (Lipinski definition) is 1. The highest BCUT2D eigenvalue weighted by Gasteiger charge is 2.17. The molecule has 0 aliphatic heterocycles. The van der Waals surface area contributed by atoms with Gasteiger partial charge in [0.25, 0.3) is 5.91 Å². The Kier molecular flexibility index (Phi) is 5.64. The second-order valence-electron chi connectivity index (χ2n) is 8.29. The van der Waals surface area contributed by atoms with Crippen LogP contribution in [0.25, 0.3) is 21.8 Å². The number of carbonyl (C=O) groups is 2. The SMILES string of the molecule is Cc1cc2c(CC(=O)O)cccc2n1C(=O)c1ccc(OCCn2ccc3ccccc32)cc1. The third-order valence-electron chi connectivity index (χ3n) is 6.05. The van der Waals surface area contributed by atoms with Crippen molar-refractivity contribution >= 4 is 33.7 Å². The molecule has 170 valence electrons.